The zero-order chi connectivity index (χ0) is 17.0. The van der Waals surface area contributed by atoms with Gasteiger partial charge in [0.25, 0.3) is 5.91 Å². The summed E-state index contributed by atoms with van der Waals surface area (Å²) in [5, 5.41) is 5.99. The number of carbonyl (C=O) groups excluding carboxylic acids is 1. The maximum Gasteiger partial charge on any atom is 0.257 e. The number of hydrogen-bond acceptors (Lipinski definition) is 2. The van der Waals surface area contributed by atoms with E-state index >= 15 is 0 Å². The summed E-state index contributed by atoms with van der Waals surface area (Å²) in [5.41, 5.74) is 2.67. The van der Waals surface area contributed by atoms with Crippen molar-refractivity contribution in [3.63, 3.8) is 0 Å². The number of nitrogens with one attached hydrogen (secondary N) is 2. The number of hydrogen-bond donors (Lipinski definition) is 2. The Morgan fingerprint density at radius 2 is 1.74 bits per heavy atom. The van der Waals surface area contributed by atoms with E-state index in [1.807, 2.05) is 24.3 Å². The Morgan fingerprint density at radius 1 is 1.09 bits per heavy atom. The molecule has 23 heavy (non-hydrogen) atoms. The molecular formula is C18H19BrN2OS. The van der Waals surface area contributed by atoms with Crippen LogP contribution in [-0.2, 0) is 5.41 Å². The molecule has 0 heterocycles. The lowest BCUT2D eigenvalue weighted by atomic mass is 9.87. The van der Waals surface area contributed by atoms with Crippen LogP contribution >= 0.6 is 28.1 Å². The maximum absolute atomic E-state index is 12.1. The molecule has 120 valence electrons. The molecule has 0 fully saturated rings. The molecule has 0 aromatic heterocycles. The lowest BCUT2D eigenvalue weighted by Gasteiger charge is -2.20. The third-order valence-corrected chi connectivity index (χ3v) is 4.21. The van der Waals surface area contributed by atoms with Crippen LogP contribution in [0, 0.1) is 0 Å². The van der Waals surface area contributed by atoms with Crippen molar-refractivity contribution in [2.24, 2.45) is 0 Å². The van der Waals surface area contributed by atoms with Crippen molar-refractivity contribution >= 4 is 44.9 Å². The maximum atomic E-state index is 12.1. The molecule has 0 saturated heterocycles. The standard InChI is InChI=1S/C18H19BrN2OS/c1-18(2,3)13-9-10-15(14(19)11-13)20-17(23)21-16(22)12-7-5-4-6-8-12/h4-11H,1-3H3,(H2,20,21,22,23). The van der Waals surface area contributed by atoms with Gasteiger partial charge in [-0.05, 0) is 63.4 Å². The number of amides is 1. The molecule has 0 aliphatic carbocycles. The first kappa shape index (κ1) is 17.6. The van der Waals surface area contributed by atoms with Gasteiger partial charge in [-0.3, -0.25) is 10.1 Å². The fourth-order valence-corrected chi connectivity index (χ4v) is 2.68. The van der Waals surface area contributed by atoms with Crippen molar-refractivity contribution in [2.75, 3.05) is 5.32 Å². The molecule has 0 spiro atoms. The van der Waals surface area contributed by atoms with Gasteiger partial charge in [0.1, 0.15) is 0 Å². The second-order valence-electron chi connectivity index (χ2n) is 6.22. The number of benzene rings is 2. The van der Waals surface area contributed by atoms with Crippen LogP contribution in [-0.4, -0.2) is 11.0 Å². The van der Waals surface area contributed by atoms with E-state index in [0.717, 1.165) is 10.2 Å². The van der Waals surface area contributed by atoms with Crippen LogP contribution in [0.5, 0.6) is 0 Å². The molecule has 5 heteroatoms. The summed E-state index contributed by atoms with van der Waals surface area (Å²) in [4.78, 5) is 12.1. The van der Waals surface area contributed by atoms with Gasteiger partial charge in [-0.1, -0.05) is 45.0 Å². The molecule has 0 aliphatic heterocycles. The van der Waals surface area contributed by atoms with Gasteiger partial charge in [-0.2, -0.15) is 0 Å². The molecule has 0 aliphatic rings. The number of halogens is 1. The number of anilines is 1. The van der Waals surface area contributed by atoms with Crippen molar-refractivity contribution in [3.05, 3.63) is 64.1 Å². The van der Waals surface area contributed by atoms with E-state index in [0.29, 0.717) is 5.56 Å². The van der Waals surface area contributed by atoms with Crippen LogP contribution in [0.1, 0.15) is 36.7 Å². The highest BCUT2D eigenvalue weighted by molar-refractivity contribution is 9.10. The first-order chi connectivity index (χ1) is 10.8. The Balaban J connectivity index is 2.05. The molecule has 1 amide bonds. The van der Waals surface area contributed by atoms with Gasteiger partial charge in [0.15, 0.2) is 5.11 Å². The first-order valence-corrected chi connectivity index (χ1v) is 8.45. The third-order valence-electron chi connectivity index (χ3n) is 3.35. The summed E-state index contributed by atoms with van der Waals surface area (Å²) in [6.45, 7) is 6.48. The lowest BCUT2D eigenvalue weighted by molar-refractivity contribution is 0.0977. The van der Waals surface area contributed by atoms with E-state index in [9.17, 15) is 4.79 Å². The molecule has 0 saturated carbocycles. The summed E-state index contributed by atoms with van der Waals surface area (Å²) in [7, 11) is 0. The minimum atomic E-state index is -0.231. The number of thiocarbonyl (C=S) groups is 1. The molecule has 2 N–H and O–H groups in total. The molecular weight excluding hydrogens is 372 g/mol. The van der Waals surface area contributed by atoms with E-state index in [1.165, 1.54) is 5.56 Å². The zero-order valence-corrected chi connectivity index (χ0v) is 15.7. The lowest BCUT2D eigenvalue weighted by Crippen LogP contribution is -2.34. The fourth-order valence-electron chi connectivity index (χ4n) is 2.00. The molecule has 2 rings (SSSR count). The van der Waals surface area contributed by atoms with Crippen LogP contribution in [0.4, 0.5) is 5.69 Å². The predicted octanol–water partition coefficient (Wildman–Crippen LogP) is 4.87. The molecule has 0 atom stereocenters. The normalized spacial score (nSPS) is 11.0. The molecule has 0 radical (unpaired) electrons. The molecule has 3 nitrogen and oxygen atoms in total. The SMILES string of the molecule is CC(C)(C)c1ccc(NC(=S)NC(=O)c2ccccc2)c(Br)c1. The van der Waals surface area contributed by atoms with Gasteiger partial charge in [-0.25, -0.2) is 0 Å². The first-order valence-electron chi connectivity index (χ1n) is 7.25. The van der Waals surface area contributed by atoms with Gasteiger partial charge in [0, 0.05) is 10.0 Å². The Bertz CT molecular complexity index is 724. The van der Waals surface area contributed by atoms with Crippen LogP contribution < -0.4 is 10.6 Å². The average Bonchev–Trinajstić information content (AvgIpc) is 2.49. The Morgan fingerprint density at radius 3 is 2.30 bits per heavy atom. The average molecular weight is 391 g/mol. The molecule has 0 unspecified atom stereocenters. The van der Waals surface area contributed by atoms with Gasteiger partial charge >= 0.3 is 0 Å². The van der Waals surface area contributed by atoms with Crippen molar-refractivity contribution in [3.8, 4) is 0 Å². The van der Waals surface area contributed by atoms with Gasteiger partial charge in [0.05, 0.1) is 5.69 Å². The smallest absolute Gasteiger partial charge is 0.257 e. The van der Waals surface area contributed by atoms with Gasteiger partial charge < -0.3 is 5.32 Å². The summed E-state index contributed by atoms with van der Waals surface area (Å²) >= 11 is 8.76. The minimum absolute atomic E-state index is 0.0725. The zero-order valence-electron chi connectivity index (χ0n) is 13.3. The number of carbonyl (C=O) groups is 1. The highest BCUT2D eigenvalue weighted by Gasteiger charge is 2.15. The highest BCUT2D eigenvalue weighted by atomic mass is 79.9. The largest absolute Gasteiger partial charge is 0.331 e. The van der Waals surface area contributed by atoms with Crippen LogP contribution in [0.25, 0.3) is 0 Å². The number of rotatable bonds is 2. The van der Waals surface area contributed by atoms with Crippen LogP contribution in [0.15, 0.2) is 53.0 Å². The Hall–Kier alpha value is -1.72. The van der Waals surface area contributed by atoms with E-state index in [2.05, 4.69) is 59.5 Å². The molecule has 0 bridgehead atoms. The molecule has 2 aromatic carbocycles. The Kier molecular flexibility index (Phi) is 5.55. The second-order valence-corrected chi connectivity index (χ2v) is 7.48. The van der Waals surface area contributed by atoms with Crippen molar-refractivity contribution < 1.29 is 4.79 Å². The fraction of sp³-hybridized carbons (Fsp3) is 0.222. The minimum Gasteiger partial charge on any atom is -0.331 e. The van der Waals surface area contributed by atoms with Gasteiger partial charge in [-0.15, -0.1) is 0 Å². The van der Waals surface area contributed by atoms with Crippen LogP contribution in [0.2, 0.25) is 0 Å². The van der Waals surface area contributed by atoms with Gasteiger partial charge in [0.2, 0.25) is 0 Å². The second kappa shape index (κ2) is 7.23. The summed E-state index contributed by atoms with van der Waals surface area (Å²) in [5.74, 6) is -0.231. The Labute approximate surface area is 150 Å². The van der Waals surface area contributed by atoms with Crippen molar-refractivity contribution in [1.29, 1.82) is 0 Å². The van der Waals surface area contributed by atoms with E-state index in [1.54, 1.807) is 12.1 Å². The predicted molar refractivity (Wildman–Crippen MR) is 103 cm³/mol. The summed E-state index contributed by atoms with van der Waals surface area (Å²) in [6.07, 6.45) is 0. The highest BCUT2D eigenvalue weighted by Crippen LogP contribution is 2.30. The summed E-state index contributed by atoms with van der Waals surface area (Å²) < 4.78 is 0.904. The van der Waals surface area contributed by atoms with E-state index in [4.69, 9.17) is 12.2 Å². The van der Waals surface area contributed by atoms with Crippen molar-refractivity contribution in [2.45, 2.75) is 26.2 Å². The van der Waals surface area contributed by atoms with E-state index in [-0.39, 0.29) is 16.4 Å². The van der Waals surface area contributed by atoms with Crippen LogP contribution in [0.3, 0.4) is 0 Å². The topological polar surface area (TPSA) is 41.1 Å². The monoisotopic (exact) mass is 390 g/mol. The quantitative estimate of drug-likeness (QED) is 0.718. The molecule has 2 aromatic rings. The van der Waals surface area contributed by atoms with E-state index < -0.39 is 0 Å². The third kappa shape index (κ3) is 4.88. The van der Waals surface area contributed by atoms with Crippen molar-refractivity contribution in [1.82, 2.24) is 5.32 Å². The summed E-state index contributed by atoms with van der Waals surface area (Å²) in [6, 6.07) is 15.0.